The van der Waals surface area contributed by atoms with Gasteiger partial charge in [-0.1, -0.05) is 6.07 Å². The molecule has 0 atom stereocenters. The molecule has 0 aliphatic rings. The highest BCUT2D eigenvalue weighted by Gasteiger charge is 2.15. The largest absolute Gasteiger partial charge is 0.436 e. The Balaban J connectivity index is 1.90. The van der Waals surface area contributed by atoms with E-state index in [9.17, 15) is 9.18 Å². The van der Waals surface area contributed by atoms with Gasteiger partial charge in [0.2, 0.25) is 5.89 Å². The lowest BCUT2D eigenvalue weighted by molar-refractivity contribution is -0.107. The van der Waals surface area contributed by atoms with Crippen LogP contribution in [-0.4, -0.2) is 15.8 Å². The molecule has 114 valence electrons. The third kappa shape index (κ3) is 2.21. The van der Waals surface area contributed by atoms with Gasteiger partial charge >= 0.3 is 0 Å². The zero-order valence-electron chi connectivity index (χ0n) is 12.4. The second kappa shape index (κ2) is 5.05. The molecule has 0 bridgehead atoms. The van der Waals surface area contributed by atoms with Crippen molar-refractivity contribution in [2.75, 3.05) is 0 Å². The Morgan fingerprint density at radius 1 is 1.26 bits per heavy atom. The highest BCUT2D eigenvalue weighted by Crippen LogP contribution is 2.32. The minimum atomic E-state index is -0.277. The zero-order valence-corrected chi connectivity index (χ0v) is 12.4. The van der Waals surface area contributed by atoms with E-state index in [2.05, 4.69) is 4.98 Å². The minimum absolute atomic E-state index is 0.277. The van der Waals surface area contributed by atoms with Gasteiger partial charge in [-0.25, -0.2) is 9.37 Å². The zero-order chi connectivity index (χ0) is 16.0. The van der Waals surface area contributed by atoms with Crippen LogP contribution in [0.25, 0.3) is 33.5 Å². The van der Waals surface area contributed by atoms with E-state index in [0.717, 1.165) is 33.8 Å². The van der Waals surface area contributed by atoms with Gasteiger partial charge < -0.3 is 13.8 Å². The average molecular weight is 308 g/mol. The molecule has 0 saturated carbocycles. The molecule has 0 radical (unpaired) electrons. The summed E-state index contributed by atoms with van der Waals surface area (Å²) in [5, 5.41) is 0.883. The summed E-state index contributed by atoms with van der Waals surface area (Å²) in [4.78, 5) is 15.1. The number of aryl methyl sites for hydroxylation is 1. The predicted molar refractivity (Wildman–Crippen MR) is 85.6 cm³/mol. The number of fused-ring (bicyclic) bond motifs is 2. The van der Waals surface area contributed by atoms with E-state index in [1.807, 2.05) is 36.0 Å². The summed E-state index contributed by atoms with van der Waals surface area (Å²) in [7, 11) is 1.86. The van der Waals surface area contributed by atoms with Gasteiger partial charge in [0.05, 0.1) is 11.1 Å². The number of halogens is 1. The van der Waals surface area contributed by atoms with Crippen molar-refractivity contribution in [1.82, 2.24) is 9.55 Å². The SMILES string of the molecule is Cn1cc(-c2nc3ccc(CC=O)cc3o2)c2ccc(F)cc21. The Morgan fingerprint density at radius 3 is 2.96 bits per heavy atom. The van der Waals surface area contributed by atoms with Gasteiger partial charge in [0.15, 0.2) is 5.58 Å². The van der Waals surface area contributed by atoms with E-state index in [1.54, 1.807) is 6.07 Å². The maximum absolute atomic E-state index is 13.4. The number of rotatable bonds is 3. The van der Waals surface area contributed by atoms with Crippen molar-refractivity contribution in [3.63, 3.8) is 0 Å². The van der Waals surface area contributed by atoms with Gasteiger partial charge in [-0.3, -0.25) is 0 Å². The van der Waals surface area contributed by atoms with E-state index < -0.39 is 0 Å². The summed E-state index contributed by atoms with van der Waals surface area (Å²) >= 11 is 0. The smallest absolute Gasteiger partial charge is 0.229 e. The average Bonchev–Trinajstić information content (AvgIpc) is 3.09. The van der Waals surface area contributed by atoms with Crippen molar-refractivity contribution >= 4 is 28.3 Å². The highest BCUT2D eigenvalue weighted by atomic mass is 19.1. The van der Waals surface area contributed by atoms with Crippen molar-refractivity contribution in [3.8, 4) is 11.5 Å². The molecule has 0 spiro atoms. The normalized spacial score (nSPS) is 11.4. The number of hydrogen-bond donors (Lipinski definition) is 0. The molecule has 2 aromatic carbocycles. The summed E-state index contributed by atoms with van der Waals surface area (Å²) in [5.41, 5.74) is 3.85. The Labute approximate surface area is 131 Å². The second-order valence-corrected chi connectivity index (χ2v) is 5.51. The molecule has 5 heteroatoms. The van der Waals surface area contributed by atoms with E-state index in [4.69, 9.17) is 4.42 Å². The van der Waals surface area contributed by atoms with Crippen molar-refractivity contribution < 1.29 is 13.6 Å². The first-order valence-electron chi connectivity index (χ1n) is 7.24. The van der Waals surface area contributed by atoms with E-state index >= 15 is 0 Å². The van der Waals surface area contributed by atoms with Crippen LogP contribution in [0, 0.1) is 5.82 Å². The summed E-state index contributed by atoms with van der Waals surface area (Å²) in [6.45, 7) is 0. The number of aromatic nitrogens is 2. The number of benzene rings is 2. The Morgan fingerprint density at radius 2 is 2.13 bits per heavy atom. The number of oxazole rings is 1. The van der Waals surface area contributed by atoms with Gasteiger partial charge in [0, 0.05) is 25.1 Å². The molecular weight excluding hydrogens is 295 g/mol. The monoisotopic (exact) mass is 308 g/mol. The standard InChI is InChI=1S/C18H13FN2O2/c1-21-10-14(13-4-3-12(19)9-16(13)21)18-20-15-5-2-11(6-7-22)8-17(15)23-18/h2-5,7-10H,6H2,1H3. The number of hydrogen-bond acceptors (Lipinski definition) is 3. The minimum Gasteiger partial charge on any atom is -0.436 e. The third-order valence-electron chi connectivity index (χ3n) is 3.95. The van der Waals surface area contributed by atoms with Crippen LogP contribution in [-0.2, 0) is 18.3 Å². The quantitative estimate of drug-likeness (QED) is 0.540. The van der Waals surface area contributed by atoms with Crippen LogP contribution in [0.5, 0.6) is 0 Å². The van der Waals surface area contributed by atoms with Crippen LogP contribution in [0.3, 0.4) is 0 Å². The summed E-state index contributed by atoms with van der Waals surface area (Å²) < 4.78 is 21.1. The molecule has 0 aliphatic carbocycles. The lowest BCUT2D eigenvalue weighted by Gasteiger charge is -1.95. The number of aldehydes is 1. The molecule has 0 fully saturated rings. The molecule has 0 amide bonds. The maximum atomic E-state index is 13.4. The van der Waals surface area contributed by atoms with Crippen LogP contribution in [0.2, 0.25) is 0 Å². The van der Waals surface area contributed by atoms with Crippen LogP contribution in [0.4, 0.5) is 4.39 Å². The van der Waals surface area contributed by atoms with Crippen LogP contribution in [0.1, 0.15) is 5.56 Å². The van der Waals surface area contributed by atoms with Crippen molar-refractivity contribution in [1.29, 1.82) is 0 Å². The first kappa shape index (κ1) is 13.7. The maximum Gasteiger partial charge on any atom is 0.229 e. The van der Waals surface area contributed by atoms with Gasteiger partial charge in [0.1, 0.15) is 17.6 Å². The number of nitrogens with zero attached hydrogens (tertiary/aromatic N) is 2. The third-order valence-corrected chi connectivity index (χ3v) is 3.95. The van der Waals surface area contributed by atoms with Gasteiger partial charge in [-0.2, -0.15) is 0 Å². The predicted octanol–water partition coefficient (Wildman–Crippen LogP) is 3.87. The molecule has 2 heterocycles. The van der Waals surface area contributed by atoms with Crippen molar-refractivity contribution in [2.24, 2.45) is 7.05 Å². The molecule has 0 aliphatic heterocycles. The highest BCUT2D eigenvalue weighted by molar-refractivity contribution is 5.95. The fraction of sp³-hybridized carbons (Fsp3) is 0.111. The van der Waals surface area contributed by atoms with Gasteiger partial charge in [-0.05, 0) is 35.9 Å². The molecule has 4 nitrogen and oxygen atoms in total. The molecule has 2 aromatic heterocycles. The van der Waals surface area contributed by atoms with Crippen LogP contribution in [0.15, 0.2) is 47.0 Å². The first-order valence-corrected chi connectivity index (χ1v) is 7.24. The molecule has 0 unspecified atom stereocenters. The summed E-state index contributed by atoms with van der Waals surface area (Å²) in [6, 6.07) is 10.2. The Bertz CT molecular complexity index is 1050. The Kier molecular flexibility index (Phi) is 3.01. The van der Waals surface area contributed by atoms with E-state index in [-0.39, 0.29) is 5.82 Å². The second-order valence-electron chi connectivity index (χ2n) is 5.51. The van der Waals surface area contributed by atoms with Crippen molar-refractivity contribution in [2.45, 2.75) is 6.42 Å². The van der Waals surface area contributed by atoms with E-state index in [1.165, 1.54) is 12.1 Å². The lowest BCUT2D eigenvalue weighted by atomic mass is 10.1. The fourth-order valence-corrected chi connectivity index (χ4v) is 2.83. The molecule has 4 aromatic rings. The van der Waals surface area contributed by atoms with Gasteiger partial charge in [0.25, 0.3) is 0 Å². The Hall–Kier alpha value is -2.95. The lowest BCUT2D eigenvalue weighted by Crippen LogP contribution is -1.84. The first-order chi connectivity index (χ1) is 11.2. The van der Waals surface area contributed by atoms with Crippen LogP contribution < -0.4 is 0 Å². The number of carbonyl (C=O) groups excluding carboxylic acids is 1. The van der Waals surface area contributed by atoms with Crippen LogP contribution >= 0.6 is 0 Å². The van der Waals surface area contributed by atoms with Crippen molar-refractivity contribution in [3.05, 3.63) is 54.0 Å². The molecule has 0 N–H and O–H groups in total. The molecule has 0 saturated heterocycles. The summed E-state index contributed by atoms with van der Waals surface area (Å²) in [6.07, 6.45) is 3.08. The molecule has 4 rings (SSSR count). The topological polar surface area (TPSA) is 48.0 Å². The summed E-state index contributed by atoms with van der Waals surface area (Å²) in [5.74, 6) is 0.210. The molecule has 23 heavy (non-hydrogen) atoms. The number of carbonyl (C=O) groups is 1. The molecular formula is C18H13FN2O2. The fourth-order valence-electron chi connectivity index (χ4n) is 2.83. The van der Waals surface area contributed by atoms with Gasteiger partial charge in [-0.15, -0.1) is 0 Å². The van der Waals surface area contributed by atoms with E-state index in [0.29, 0.717) is 17.9 Å².